The second kappa shape index (κ2) is 18.7. The molecule has 7 heterocycles. The van der Waals surface area contributed by atoms with Crippen molar-refractivity contribution in [1.29, 1.82) is 0 Å². The van der Waals surface area contributed by atoms with Crippen LogP contribution in [0.1, 0.15) is 21.8 Å². The Hall–Kier alpha value is -8.07. The maximum atomic E-state index is 12.5. The fraction of sp³-hybridized carbons (Fsp3) is 0.0952. The van der Waals surface area contributed by atoms with E-state index in [1.165, 1.54) is 69.9 Å². The predicted molar refractivity (Wildman–Crippen MR) is 246 cm³/mol. The maximum absolute atomic E-state index is 12.5. The molecule has 3 aliphatic heterocycles. The Balaban J connectivity index is 0.000000151. The molecule has 3 amide bonds. The first-order valence-corrected chi connectivity index (χ1v) is 24.6. The van der Waals surface area contributed by atoms with Gasteiger partial charge in [0.25, 0.3) is 47.8 Å². The van der Waals surface area contributed by atoms with Crippen molar-refractivity contribution in [3.05, 3.63) is 154 Å². The van der Waals surface area contributed by atoms with E-state index in [2.05, 4.69) is 31.1 Å². The van der Waals surface area contributed by atoms with Gasteiger partial charge in [-0.15, -0.1) is 11.3 Å². The van der Waals surface area contributed by atoms with E-state index in [0.717, 1.165) is 24.3 Å². The van der Waals surface area contributed by atoms with Crippen molar-refractivity contribution < 1.29 is 59.5 Å². The topological polar surface area (TPSA) is 312 Å². The van der Waals surface area contributed by atoms with Crippen LogP contribution in [0.3, 0.4) is 0 Å². The Kier molecular flexibility index (Phi) is 13.1. The number of hydrogen-bond donors (Lipinski definition) is 6. The predicted octanol–water partition coefficient (Wildman–Crippen LogP) is 4.71. The number of amides is 3. The van der Waals surface area contributed by atoms with Crippen LogP contribution in [-0.2, 0) is 44.5 Å². The number of aliphatic hydroxyl groups is 3. The van der Waals surface area contributed by atoms with Gasteiger partial charge < -0.3 is 35.8 Å². The number of sulfonamides is 3. The highest BCUT2D eigenvalue weighted by atomic mass is 32.2. The molecule has 0 radical (unpaired) electrons. The zero-order chi connectivity index (χ0) is 49.3. The number of nitrogens with one attached hydrogen (secondary N) is 3. The second-order valence-electron chi connectivity index (χ2n) is 14.2. The number of pyridine rings is 2. The van der Waals surface area contributed by atoms with Gasteiger partial charge in [0.2, 0.25) is 0 Å². The van der Waals surface area contributed by atoms with Crippen LogP contribution >= 0.6 is 11.3 Å². The van der Waals surface area contributed by atoms with E-state index in [-0.39, 0.29) is 71.0 Å². The van der Waals surface area contributed by atoms with Gasteiger partial charge in [0, 0.05) is 50.7 Å². The minimum atomic E-state index is -3.92. The van der Waals surface area contributed by atoms with Gasteiger partial charge >= 0.3 is 0 Å². The van der Waals surface area contributed by atoms with Crippen LogP contribution < -0.4 is 16.0 Å². The van der Waals surface area contributed by atoms with Gasteiger partial charge in [-0.25, -0.2) is 35.2 Å². The number of carbonyl (C=O) groups excluding carboxylic acids is 3. The summed E-state index contributed by atoms with van der Waals surface area (Å²) < 4.78 is 81.8. The molecule has 22 nitrogen and oxygen atoms in total. The molecule has 2 aromatic carbocycles. The Morgan fingerprint density at radius 3 is 1.35 bits per heavy atom. The molecule has 9 rings (SSSR count). The number of rotatable bonds is 6. The second-order valence-corrected chi connectivity index (χ2v) is 21.0. The van der Waals surface area contributed by atoms with E-state index in [4.69, 9.17) is 4.52 Å². The number of carbonyl (C=O) groups is 3. The molecular formula is C42H37N9O13S4. The number of benzene rings is 2. The molecule has 0 atom stereocenters. The van der Waals surface area contributed by atoms with Gasteiger partial charge in [0.05, 0.1) is 14.7 Å². The lowest BCUT2D eigenvalue weighted by Gasteiger charge is -2.28. The average molecular weight is 1000 g/mol. The van der Waals surface area contributed by atoms with E-state index < -0.39 is 59.3 Å². The normalized spacial score (nSPS) is 16.1. The number of fused-ring (bicyclic) bond motifs is 3. The number of likely N-dealkylation sites (N-methyl/N-ethyl adjacent to an activating group) is 3. The molecule has 4 aromatic heterocycles. The molecule has 26 heteroatoms. The van der Waals surface area contributed by atoms with Crippen molar-refractivity contribution in [2.75, 3.05) is 37.1 Å². The fourth-order valence-electron chi connectivity index (χ4n) is 6.64. The molecule has 68 heavy (non-hydrogen) atoms. The zero-order valence-corrected chi connectivity index (χ0v) is 39.0. The third-order valence-corrected chi connectivity index (χ3v) is 16.5. The maximum Gasteiger partial charge on any atom is 0.278 e. The van der Waals surface area contributed by atoms with Gasteiger partial charge in [0.1, 0.15) is 22.3 Å². The summed E-state index contributed by atoms with van der Waals surface area (Å²) in [7, 11) is -8.04. The first-order chi connectivity index (χ1) is 32.2. The van der Waals surface area contributed by atoms with Gasteiger partial charge in [-0.3, -0.25) is 27.3 Å². The van der Waals surface area contributed by atoms with Crippen molar-refractivity contribution in [3.8, 4) is 0 Å². The highest BCUT2D eigenvalue weighted by Gasteiger charge is 2.41. The number of aryl methyl sites for hydroxylation is 1. The van der Waals surface area contributed by atoms with Crippen molar-refractivity contribution in [2.24, 2.45) is 0 Å². The number of aliphatic hydroxyl groups excluding tert-OH is 3. The summed E-state index contributed by atoms with van der Waals surface area (Å²) in [6.45, 7) is 1.65. The Bertz CT molecular complexity index is 3430. The van der Waals surface area contributed by atoms with Crippen LogP contribution in [0.25, 0.3) is 17.3 Å². The number of hydrogen-bond acceptors (Lipinski definition) is 17. The van der Waals surface area contributed by atoms with Crippen molar-refractivity contribution in [3.63, 3.8) is 0 Å². The quantitative estimate of drug-likeness (QED) is 0.132. The average Bonchev–Trinajstić information content (AvgIpc) is 3.99. The number of aromatic nitrogens is 3. The third kappa shape index (κ3) is 8.94. The van der Waals surface area contributed by atoms with E-state index in [1.54, 1.807) is 73.0 Å². The van der Waals surface area contributed by atoms with Gasteiger partial charge in [-0.05, 0) is 66.9 Å². The molecule has 6 aromatic rings. The molecule has 0 fully saturated rings. The Morgan fingerprint density at radius 1 is 0.544 bits per heavy atom. The van der Waals surface area contributed by atoms with Crippen LogP contribution in [0, 0.1) is 6.92 Å². The monoisotopic (exact) mass is 1000 g/mol. The molecule has 352 valence electrons. The van der Waals surface area contributed by atoms with Crippen LogP contribution in [0.2, 0.25) is 0 Å². The molecule has 0 saturated heterocycles. The standard InChI is InChI=1S/C15H13N3O4S.C14H13N3O5S.C13H11N3O4S2/c1-18-13(15(20)17-12-8-4-5-9-16-12)14(19)10-6-2-3-7-11(10)23(18,21)22;1-8-7-11(16-22-8)15-14(19)12-13(18)9-5-3-4-6-10(9)23(20,21)17(12)2;1-16-10(13(18)15-9-4-2-3-6-14-9)11(17)12-8(5-7-21-12)22(16,19)20/h2-9,19H,1H3,(H,16,17,20);3-7,18H,1-2H3,(H,15,16,19);2-7,17H,1H3,(H,14,15,18). The lowest BCUT2D eigenvalue weighted by molar-refractivity contribution is -0.114. The van der Waals surface area contributed by atoms with Crippen molar-refractivity contribution >= 4 is 93.9 Å². The third-order valence-electron chi connectivity index (χ3n) is 9.99. The van der Waals surface area contributed by atoms with Crippen LogP contribution in [-0.4, -0.2) is 107 Å². The van der Waals surface area contributed by atoms with Crippen molar-refractivity contribution in [1.82, 2.24) is 28.0 Å². The Labute approximate surface area is 392 Å². The van der Waals surface area contributed by atoms with Crippen LogP contribution in [0.15, 0.2) is 151 Å². The largest absolute Gasteiger partial charge is 0.505 e. The molecular weight excluding hydrogens is 967 g/mol. The van der Waals surface area contributed by atoms with E-state index in [9.17, 15) is 55.0 Å². The van der Waals surface area contributed by atoms with Gasteiger partial charge in [-0.1, -0.05) is 41.6 Å². The lowest BCUT2D eigenvalue weighted by Crippen LogP contribution is -2.37. The molecule has 0 unspecified atom stereocenters. The summed E-state index contributed by atoms with van der Waals surface area (Å²) in [6, 6.07) is 24.6. The number of thiophene rings is 1. The lowest BCUT2D eigenvalue weighted by atomic mass is 10.1. The van der Waals surface area contributed by atoms with E-state index in [0.29, 0.717) is 5.76 Å². The smallest absolute Gasteiger partial charge is 0.278 e. The molecule has 0 saturated carbocycles. The molecule has 6 N–H and O–H groups in total. The summed E-state index contributed by atoms with van der Waals surface area (Å²) in [5, 5.41) is 43.4. The zero-order valence-electron chi connectivity index (χ0n) is 35.7. The first-order valence-electron chi connectivity index (χ1n) is 19.4. The number of anilines is 3. The summed E-state index contributed by atoms with van der Waals surface area (Å²) >= 11 is 1.06. The summed E-state index contributed by atoms with van der Waals surface area (Å²) in [5.74, 6) is -2.39. The molecule has 0 spiro atoms. The Morgan fingerprint density at radius 2 is 0.941 bits per heavy atom. The summed E-state index contributed by atoms with van der Waals surface area (Å²) in [5.41, 5.74) is -0.900. The minimum absolute atomic E-state index is 0.00751. The molecule has 0 bridgehead atoms. The van der Waals surface area contributed by atoms with Crippen LogP contribution in [0.4, 0.5) is 17.5 Å². The van der Waals surface area contributed by atoms with Crippen LogP contribution in [0.5, 0.6) is 0 Å². The highest BCUT2D eigenvalue weighted by Crippen LogP contribution is 2.39. The van der Waals surface area contributed by atoms with Crippen molar-refractivity contribution in [2.45, 2.75) is 21.6 Å². The molecule has 0 aliphatic carbocycles. The highest BCUT2D eigenvalue weighted by molar-refractivity contribution is 7.90. The summed E-state index contributed by atoms with van der Waals surface area (Å²) in [6.07, 6.45) is 2.98. The van der Waals surface area contributed by atoms with Gasteiger partial charge in [-0.2, -0.15) is 0 Å². The van der Waals surface area contributed by atoms with E-state index >= 15 is 0 Å². The number of nitrogens with zero attached hydrogens (tertiary/aromatic N) is 6. The fourth-order valence-corrected chi connectivity index (χ4v) is 12.0. The molecule has 3 aliphatic rings. The van der Waals surface area contributed by atoms with E-state index in [1.807, 2.05) is 0 Å². The minimum Gasteiger partial charge on any atom is -0.505 e. The first kappa shape index (κ1) is 47.9. The summed E-state index contributed by atoms with van der Waals surface area (Å²) in [4.78, 5) is 45.0. The SMILES string of the molecule is CN1C(C(=O)Nc2ccccn2)=C(O)c2ccccc2S1(=O)=O.CN1C(C(=O)Nc2ccccn2)=C(O)c2sccc2S1(=O)=O.Cc1cc(NC(=O)C2=C(O)c3ccccc3S(=O)(=O)N2C)no1. The van der Waals surface area contributed by atoms with Gasteiger partial charge in [0.15, 0.2) is 40.2 Å².